The summed E-state index contributed by atoms with van der Waals surface area (Å²) in [5.74, 6) is 0.973. The number of fused-ring (bicyclic) bond motifs is 1. The van der Waals surface area contributed by atoms with E-state index < -0.39 is 6.04 Å². The molecule has 2 heterocycles. The van der Waals surface area contributed by atoms with Gasteiger partial charge in [0.1, 0.15) is 29.5 Å². The fraction of sp³-hybridized carbons (Fsp3) is 0.417. The van der Waals surface area contributed by atoms with Gasteiger partial charge in [-0.15, -0.1) is 0 Å². The lowest BCUT2D eigenvalue weighted by Gasteiger charge is -2.24. The minimum atomic E-state index is -0.559. The maximum atomic E-state index is 13.1. The summed E-state index contributed by atoms with van der Waals surface area (Å²) in [4.78, 5) is 27.1. The maximum Gasteiger partial charge on any atom is 0.322 e. The average Bonchev–Trinajstić information content (AvgIpc) is 3.39. The van der Waals surface area contributed by atoms with Crippen LogP contribution in [0.1, 0.15) is 37.8 Å². The van der Waals surface area contributed by atoms with Crippen LogP contribution in [0.5, 0.6) is 11.5 Å². The molecule has 3 amide bonds. The molecule has 0 saturated carbocycles. The molecule has 0 bridgehead atoms. The van der Waals surface area contributed by atoms with Crippen molar-refractivity contribution in [3.8, 4) is 11.5 Å². The molecule has 170 valence electrons. The van der Waals surface area contributed by atoms with Gasteiger partial charge in [0.05, 0.1) is 6.61 Å². The zero-order chi connectivity index (χ0) is 22.7. The summed E-state index contributed by atoms with van der Waals surface area (Å²) in [6.45, 7) is 5.23. The molecule has 0 unspecified atom stereocenters. The summed E-state index contributed by atoms with van der Waals surface area (Å²) in [5, 5.41) is 5.68. The van der Waals surface area contributed by atoms with E-state index >= 15 is 0 Å². The highest BCUT2D eigenvalue weighted by molar-refractivity contribution is 5.94. The van der Waals surface area contributed by atoms with Crippen molar-refractivity contribution in [2.45, 2.75) is 51.8 Å². The van der Waals surface area contributed by atoms with Crippen molar-refractivity contribution in [3.05, 3.63) is 53.3 Å². The minimum absolute atomic E-state index is 0.121. The molecule has 2 atom stereocenters. The van der Waals surface area contributed by atoms with E-state index in [2.05, 4.69) is 10.6 Å². The van der Waals surface area contributed by atoms with Gasteiger partial charge < -0.3 is 25.0 Å². The van der Waals surface area contributed by atoms with E-state index in [0.717, 1.165) is 35.5 Å². The van der Waals surface area contributed by atoms with Crippen molar-refractivity contribution in [2.24, 2.45) is 0 Å². The van der Waals surface area contributed by atoms with Gasteiger partial charge in [0.25, 0.3) is 0 Å². The van der Waals surface area contributed by atoms with Crippen LogP contribution in [0.4, 0.5) is 14.9 Å². The number of carbonyl (C=O) groups excluding carboxylic acids is 2. The molecule has 2 N–H and O–H groups in total. The van der Waals surface area contributed by atoms with E-state index in [1.54, 1.807) is 0 Å². The van der Waals surface area contributed by atoms with E-state index in [-0.39, 0.29) is 30.4 Å². The van der Waals surface area contributed by atoms with Gasteiger partial charge in [-0.25, -0.2) is 9.18 Å². The molecule has 2 aliphatic heterocycles. The van der Waals surface area contributed by atoms with Crippen LogP contribution in [-0.4, -0.2) is 42.1 Å². The third-order valence-electron chi connectivity index (χ3n) is 5.74. The summed E-state index contributed by atoms with van der Waals surface area (Å²) in [7, 11) is 0. The summed E-state index contributed by atoms with van der Waals surface area (Å²) >= 11 is 0. The molecule has 1 saturated heterocycles. The van der Waals surface area contributed by atoms with Gasteiger partial charge >= 0.3 is 6.03 Å². The Morgan fingerprint density at radius 1 is 1.25 bits per heavy atom. The summed E-state index contributed by atoms with van der Waals surface area (Å²) in [5.41, 5.74) is 2.43. The van der Waals surface area contributed by atoms with Gasteiger partial charge in [-0.1, -0.05) is 0 Å². The van der Waals surface area contributed by atoms with Gasteiger partial charge in [0.15, 0.2) is 0 Å². The summed E-state index contributed by atoms with van der Waals surface area (Å²) in [6.07, 6.45) is 2.29. The van der Waals surface area contributed by atoms with Crippen LogP contribution in [0.25, 0.3) is 0 Å². The van der Waals surface area contributed by atoms with Gasteiger partial charge in [0, 0.05) is 36.3 Å². The van der Waals surface area contributed by atoms with Crippen LogP contribution in [0.2, 0.25) is 0 Å². The fourth-order valence-electron chi connectivity index (χ4n) is 4.22. The highest BCUT2D eigenvalue weighted by Gasteiger charge is 2.34. The standard InChI is InChI=1S/C24H28FN3O4/c1-3-31-21-12-16-11-15(2)32-22(16)13-17(21)14-26-23(29)20-5-4-10-28(20)24(30)27-19-8-6-18(25)7-9-19/h6-9,12-13,15,20H,3-5,10-11,14H2,1-2H3,(H,26,29)(H,27,30)/t15-,20+/m0/s1. The van der Waals surface area contributed by atoms with Crippen LogP contribution in [-0.2, 0) is 17.8 Å². The smallest absolute Gasteiger partial charge is 0.322 e. The van der Waals surface area contributed by atoms with E-state index in [9.17, 15) is 14.0 Å². The third-order valence-corrected chi connectivity index (χ3v) is 5.74. The van der Waals surface area contributed by atoms with Crippen molar-refractivity contribution in [2.75, 3.05) is 18.5 Å². The lowest BCUT2D eigenvalue weighted by atomic mass is 10.1. The SMILES string of the molecule is CCOc1cc2c(cc1CNC(=O)[C@H]1CCCN1C(=O)Nc1ccc(F)cc1)O[C@@H](C)C2. The molecule has 4 rings (SSSR count). The molecule has 32 heavy (non-hydrogen) atoms. The van der Waals surface area contributed by atoms with Gasteiger partial charge in [-0.05, 0) is 63.1 Å². The second-order valence-electron chi connectivity index (χ2n) is 8.14. The second kappa shape index (κ2) is 9.46. The average molecular weight is 442 g/mol. The number of hydrogen-bond acceptors (Lipinski definition) is 4. The number of benzene rings is 2. The zero-order valence-electron chi connectivity index (χ0n) is 18.3. The second-order valence-corrected chi connectivity index (χ2v) is 8.14. The Balaban J connectivity index is 1.40. The number of anilines is 1. The first-order chi connectivity index (χ1) is 15.4. The molecule has 2 aromatic rings. The first kappa shape index (κ1) is 21.9. The number of amides is 3. The number of rotatable bonds is 6. The minimum Gasteiger partial charge on any atom is -0.494 e. The Labute approximate surface area is 186 Å². The van der Waals surface area contributed by atoms with Crippen molar-refractivity contribution < 1.29 is 23.5 Å². The van der Waals surface area contributed by atoms with Gasteiger partial charge in [-0.3, -0.25) is 4.79 Å². The Bertz CT molecular complexity index is 995. The molecule has 0 aromatic heterocycles. The van der Waals surface area contributed by atoms with Crippen molar-refractivity contribution in [1.29, 1.82) is 0 Å². The number of hydrogen-bond donors (Lipinski definition) is 2. The molecule has 2 aliphatic rings. The van der Waals surface area contributed by atoms with Gasteiger partial charge in [0.2, 0.25) is 5.91 Å². The monoisotopic (exact) mass is 441 g/mol. The van der Waals surface area contributed by atoms with E-state index in [1.807, 2.05) is 26.0 Å². The molecule has 7 nitrogen and oxygen atoms in total. The van der Waals surface area contributed by atoms with Crippen LogP contribution >= 0.6 is 0 Å². The van der Waals surface area contributed by atoms with Crippen LogP contribution in [0.15, 0.2) is 36.4 Å². The first-order valence-electron chi connectivity index (χ1n) is 11.0. The van der Waals surface area contributed by atoms with E-state index in [0.29, 0.717) is 25.3 Å². The number of nitrogens with one attached hydrogen (secondary N) is 2. The number of carbonyl (C=O) groups is 2. The van der Waals surface area contributed by atoms with E-state index in [1.165, 1.54) is 29.2 Å². The third kappa shape index (κ3) is 4.79. The number of halogens is 1. The normalized spacial score (nSPS) is 19.3. The lowest BCUT2D eigenvalue weighted by Crippen LogP contribution is -2.47. The Morgan fingerprint density at radius 2 is 2.03 bits per heavy atom. The van der Waals surface area contributed by atoms with Crippen LogP contribution < -0.4 is 20.1 Å². The molecule has 0 spiro atoms. The fourth-order valence-corrected chi connectivity index (χ4v) is 4.22. The van der Waals surface area contributed by atoms with Crippen molar-refractivity contribution in [3.63, 3.8) is 0 Å². The molecule has 0 aliphatic carbocycles. The molecule has 2 aromatic carbocycles. The van der Waals surface area contributed by atoms with Crippen LogP contribution in [0.3, 0.4) is 0 Å². The summed E-state index contributed by atoms with van der Waals surface area (Å²) in [6, 6.07) is 8.52. The number of urea groups is 1. The van der Waals surface area contributed by atoms with Gasteiger partial charge in [-0.2, -0.15) is 0 Å². The highest BCUT2D eigenvalue weighted by atomic mass is 19.1. The summed E-state index contributed by atoms with van der Waals surface area (Å²) < 4.78 is 24.7. The maximum absolute atomic E-state index is 13.1. The topological polar surface area (TPSA) is 79.9 Å². The quantitative estimate of drug-likeness (QED) is 0.714. The molecular formula is C24H28FN3O4. The number of likely N-dealkylation sites (tertiary alicyclic amines) is 1. The molecule has 8 heteroatoms. The van der Waals surface area contributed by atoms with Crippen molar-refractivity contribution >= 4 is 17.6 Å². The molecular weight excluding hydrogens is 413 g/mol. The van der Waals surface area contributed by atoms with Crippen molar-refractivity contribution in [1.82, 2.24) is 10.2 Å². The predicted octanol–water partition coefficient (Wildman–Crippen LogP) is 3.86. The number of ether oxygens (including phenoxy) is 2. The largest absolute Gasteiger partial charge is 0.494 e. The molecule has 1 fully saturated rings. The highest BCUT2D eigenvalue weighted by Crippen LogP contribution is 2.35. The Kier molecular flexibility index (Phi) is 6.48. The zero-order valence-corrected chi connectivity index (χ0v) is 18.3. The number of nitrogens with zero attached hydrogens (tertiary/aromatic N) is 1. The van der Waals surface area contributed by atoms with Crippen LogP contribution in [0, 0.1) is 5.82 Å². The Morgan fingerprint density at radius 3 is 2.78 bits per heavy atom. The first-order valence-corrected chi connectivity index (χ1v) is 11.0. The molecule has 0 radical (unpaired) electrons. The Hall–Kier alpha value is -3.29. The predicted molar refractivity (Wildman–Crippen MR) is 118 cm³/mol. The lowest BCUT2D eigenvalue weighted by molar-refractivity contribution is -0.124. The van der Waals surface area contributed by atoms with E-state index in [4.69, 9.17) is 9.47 Å².